The summed E-state index contributed by atoms with van der Waals surface area (Å²) in [6.45, 7) is 2.04. The fraction of sp³-hybridized carbons (Fsp3) is 0.150. The van der Waals surface area contributed by atoms with Crippen LogP contribution in [0.2, 0.25) is 0 Å². The molecule has 0 amide bonds. The topological polar surface area (TPSA) is 47.9 Å². The molecular formula is C20H14F3N3OS. The molecular weight excluding hydrogens is 387 g/mol. The van der Waals surface area contributed by atoms with Crippen molar-refractivity contribution >= 4 is 21.6 Å². The van der Waals surface area contributed by atoms with Gasteiger partial charge < -0.3 is 4.74 Å². The lowest BCUT2D eigenvalue weighted by Gasteiger charge is -2.09. The van der Waals surface area contributed by atoms with E-state index in [2.05, 4.69) is 15.0 Å². The quantitative estimate of drug-likeness (QED) is 0.413. The smallest absolute Gasteiger partial charge is 0.416 e. The molecule has 8 heteroatoms. The number of para-hydroxylation sites is 1. The van der Waals surface area contributed by atoms with Gasteiger partial charge in [0.1, 0.15) is 11.8 Å². The average Bonchev–Trinajstić information content (AvgIpc) is 3.12. The van der Waals surface area contributed by atoms with Crippen LogP contribution in [0.4, 0.5) is 13.2 Å². The lowest BCUT2D eigenvalue weighted by Crippen LogP contribution is -2.04. The van der Waals surface area contributed by atoms with E-state index in [1.807, 2.05) is 19.1 Å². The lowest BCUT2D eigenvalue weighted by molar-refractivity contribution is -0.137. The van der Waals surface area contributed by atoms with Crippen molar-refractivity contribution in [3.8, 4) is 22.9 Å². The molecule has 0 aliphatic rings. The van der Waals surface area contributed by atoms with Gasteiger partial charge in [0.25, 0.3) is 0 Å². The maximum atomic E-state index is 12.7. The van der Waals surface area contributed by atoms with E-state index in [9.17, 15) is 13.2 Å². The van der Waals surface area contributed by atoms with Crippen LogP contribution in [0, 0.1) is 0 Å². The van der Waals surface area contributed by atoms with Crippen molar-refractivity contribution in [1.29, 1.82) is 0 Å². The summed E-state index contributed by atoms with van der Waals surface area (Å²) in [7, 11) is 0. The van der Waals surface area contributed by atoms with E-state index in [-0.39, 0.29) is 0 Å². The van der Waals surface area contributed by atoms with Gasteiger partial charge in [-0.3, -0.25) is 0 Å². The molecule has 0 saturated heterocycles. The number of aryl methyl sites for hydroxylation is 1. The second-order valence-corrected chi connectivity index (χ2v) is 7.10. The molecule has 0 spiro atoms. The zero-order valence-corrected chi connectivity index (χ0v) is 15.5. The van der Waals surface area contributed by atoms with Crippen molar-refractivity contribution in [2.45, 2.75) is 19.5 Å². The van der Waals surface area contributed by atoms with Crippen molar-refractivity contribution < 1.29 is 17.9 Å². The Morgan fingerprint density at radius 2 is 1.82 bits per heavy atom. The molecule has 0 fully saturated rings. The van der Waals surface area contributed by atoms with Crippen molar-refractivity contribution in [2.75, 3.05) is 0 Å². The SMILES string of the molecule is CCc1nc2c(Oc3cc(-c4ccc(C(F)(F)F)cc4)ncn3)cccc2s1. The number of hydrogen-bond donors (Lipinski definition) is 0. The molecule has 4 rings (SSSR count). The van der Waals surface area contributed by atoms with E-state index in [0.717, 1.165) is 33.8 Å². The van der Waals surface area contributed by atoms with E-state index in [0.29, 0.717) is 22.9 Å². The minimum absolute atomic E-state index is 0.295. The van der Waals surface area contributed by atoms with Crippen LogP contribution in [0.1, 0.15) is 17.5 Å². The maximum Gasteiger partial charge on any atom is 0.416 e. The first-order valence-corrected chi connectivity index (χ1v) is 9.31. The number of alkyl halides is 3. The summed E-state index contributed by atoms with van der Waals surface area (Å²) < 4.78 is 45.1. The van der Waals surface area contributed by atoms with E-state index < -0.39 is 11.7 Å². The van der Waals surface area contributed by atoms with Crippen LogP contribution in [-0.2, 0) is 12.6 Å². The highest BCUT2D eigenvalue weighted by Crippen LogP contribution is 2.34. The maximum absolute atomic E-state index is 12.7. The molecule has 2 aromatic carbocycles. The molecule has 4 nitrogen and oxygen atoms in total. The Labute approximate surface area is 162 Å². The van der Waals surface area contributed by atoms with Gasteiger partial charge in [0.15, 0.2) is 5.75 Å². The molecule has 4 aromatic rings. The van der Waals surface area contributed by atoms with Gasteiger partial charge in [-0.1, -0.05) is 25.1 Å². The molecule has 0 unspecified atom stereocenters. The first-order chi connectivity index (χ1) is 13.4. The van der Waals surface area contributed by atoms with Gasteiger partial charge in [0.05, 0.1) is 21.0 Å². The molecule has 0 saturated carbocycles. The molecule has 0 atom stereocenters. The van der Waals surface area contributed by atoms with Crippen LogP contribution in [0.15, 0.2) is 54.9 Å². The lowest BCUT2D eigenvalue weighted by atomic mass is 10.1. The highest BCUT2D eigenvalue weighted by molar-refractivity contribution is 7.18. The third-order valence-corrected chi connectivity index (χ3v) is 5.26. The Balaban J connectivity index is 1.64. The fourth-order valence-corrected chi connectivity index (χ4v) is 3.62. The molecule has 0 N–H and O–H groups in total. The Bertz CT molecular complexity index is 1120. The van der Waals surface area contributed by atoms with Gasteiger partial charge in [0.2, 0.25) is 5.88 Å². The predicted molar refractivity (Wildman–Crippen MR) is 102 cm³/mol. The number of nitrogens with zero attached hydrogens (tertiary/aromatic N) is 3. The molecule has 2 heterocycles. The third kappa shape index (κ3) is 3.68. The van der Waals surface area contributed by atoms with Crippen LogP contribution in [0.3, 0.4) is 0 Å². The van der Waals surface area contributed by atoms with Gasteiger partial charge in [-0.25, -0.2) is 15.0 Å². The van der Waals surface area contributed by atoms with Gasteiger partial charge in [-0.05, 0) is 30.7 Å². The van der Waals surface area contributed by atoms with Gasteiger partial charge >= 0.3 is 6.18 Å². The summed E-state index contributed by atoms with van der Waals surface area (Å²) in [6, 6.07) is 12.1. The first kappa shape index (κ1) is 18.4. The monoisotopic (exact) mass is 401 g/mol. The highest BCUT2D eigenvalue weighted by Gasteiger charge is 2.30. The van der Waals surface area contributed by atoms with Crippen LogP contribution in [0.5, 0.6) is 11.6 Å². The molecule has 2 aromatic heterocycles. The third-order valence-electron chi connectivity index (χ3n) is 4.09. The molecule has 0 aliphatic heterocycles. The number of aromatic nitrogens is 3. The predicted octanol–water partition coefficient (Wildman–Crippen LogP) is 6.13. The molecule has 28 heavy (non-hydrogen) atoms. The Kier molecular flexibility index (Phi) is 4.72. The number of halogens is 3. The fourth-order valence-electron chi connectivity index (χ4n) is 2.70. The van der Waals surface area contributed by atoms with E-state index in [4.69, 9.17) is 4.74 Å². The van der Waals surface area contributed by atoms with Crippen LogP contribution >= 0.6 is 11.3 Å². The summed E-state index contributed by atoms with van der Waals surface area (Å²) in [6.07, 6.45) is -2.21. The Hall–Kier alpha value is -3.00. The van der Waals surface area contributed by atoms with Crippen molar-refractivity contribution in [1.82, 2.24) is 15.0 Å². The zero-order valence-electron chi connectivity index (χ0n) is 14.7. The number of benzene rings is 2. The zero-order chi connectivity index (χ0) is 19.7. The van der Waals surface area contributed by atoms with E-state index in [1.54, 1.807) is 23.5 Å². The number of ether oxygens (including phenoxy) is 1. The Morgan fingerprint density at radius 1 is 1.04 bits per heavy atom. The first-order valence-electron chi connectivity index (χ1n) is 8.50. The number of fused-ring (bicyclic) bond motifs is 1. The summed E-state index contributed by atoms with van der Waals surface area (Å²) in [4.78, 5) is 12.8. The number of rotatable bonds is 4. The van der Waals surface area contributed by atoms with Crippen LogP contribution in [-0.4, -0.2) is 15.0 Å². The Morgan fingerprint density at radius 3 is 2.54 bits per heavy atom. The van der Waals surface area contributed by atoms with Gasteiger partial charge in [0, 0.05) is 11.6 Å². The van der Waals surface area contributed by atoms with Crippen LogP contribution in [0.25, 0.3) is 21.5 Å². The second-order valence-electron chi connectivity index (χ2n) is 5.98. The standard InChI is InChI=1S/C20H14F3N3OS/c1-2-18-26-19-15(4-3-5-16(19)28-18)27-17-10-14(24-11-25-17)12-6-8-13(9-7-12)20(21,22)23/h3-11H,2H2,1H3. The summed E-state index contributed by atoms with van der Waals surface area (Å²) in [5.41, 5.74) is 1.07. The minimum Gasteiger partial charge on any atom is -0.437 e. The highest BCUT2D eigenvalue weighted by atomic mass is 32.1. The van der Waals surface area contributed by atoms with Gasteiger partial charge in [-0.2, -0.15) is 13.2 Å². The van der Waals surface area contributed by atoms with Crippen molar-refractivity contribution in [2.24, 2.45) is 0 Å². The van der Waals surface area contributed by atoms with Crippen LogP contribution < -0.4 is 4.74 Å². The summed E-state index contributed by atoms with van der Waals surface area (Å²) in [5, 5.41) is 1.01. The second kappa shape index (κ2) is 7.20. The summed E-state index contributed by atoms with van der Waals surface area (Å²) in [5.74, 6) is 0.869. The van der Waals surface area contributed by atoms with Crippen molar-refractivity contribution in [3.05, 3.63) is 65.4 Å². The van der Waals surface area contributed by atoms with E-state index >= 15 is 0 Å². The summed E-state index contributed by atoms with van der Waals surface area (Å²) >= 11 is 1.61. The minimum atomic E-state index is -4.37. The molecule has 0 aliphatic carbocycles. The number of thiazole rings is 1. The normalized spacial score (nSPS) is 11.7. The number of hydrogen-bond acceptors (Lipinski definition) is 5. The largest absolute Gasteiger partial charge is 0.437 e. The molecule has 0 bridgehead atoms. The van der Waals surface area contributed by atoms with Gasteiger partial charge in [-0.15, -0.1) is 11.3 Å². The molecule has 142 valence electrons. The van der Waals surface area contributed by atoms with E-state index in [1.165, 1.54) is 18.5 Å². The van der Waals surface area contributed by atoms with Crippen molar-refractivity contribution in [3.63, 3.8) is 0 Å². The average molecular weight is 401 g/mol. The molecule has 0 radical (unpaired) electrons.